The third-order valence-corrected chi connectivity index (χ3v) is 4.27. The lowest BCUT2D eigenvalue weighted by atomic mass is 9.97. The predicted octanol–water partition coefficient (Wildman–Crippen LogP) is 3.41. The van der Waals surface area contributed by atoms with Crippen LogP contribution in [-0.2, 0) is 0 Å². The zero-order valence-corrected chi connectivity index (χ0v) is 15.3. The van der Waals surface area contributed by atoms with Crippen LogP contribution in [0.2, 0.25) is 0 Å². The minimum absolute atomic E-state index is 0.00385. The smallest absolute Gasteiger partial charge is 0.318 e. The maximum absolute atomic E-state index is 12.9. The van der Waals surface area contributed by atoms with Gasteiger partial charge < -0.3 is 15.0 Å². The van der Waals surface area contributed by atoms with Gasteiger partial charge in [0.25, 0.3) is 0 Å². The molecule has 1 atom stereocenters. The standard InChI is InChI=1S/C19H28N2O3/c1-13-11-14(8-9-16(13)24-5)17(22)15-7-6-10-21(15)18(23)20-12-19(2,3)4/h8-9,11,15H,6-7,10,12H2,1-5H3,(H,20,23). The molecule has 0 aliphatic carbocycles. The number of nitrogens with zero attached hydrogens (tertiary/aromatic N) is 1. The van der Waals surface area contributed by atoms with E-state index in [4.69, 9.17) is 4.74 Å². The summed E-state index contributed by atoms with van der Waals surface area (Å²) >= 11 is 0. The van der Waals surface area contributed by atoms with Crippen LogP contribution in [0, 0.1) is 12.3 Å². The van der Waals surface area contributed by atoms with E-state index in [0.717, 1.165) is 17.7 Å². The Morgan fingerprint density at radius 2 is 2.04 bits per heavy atom. The van der Waals surface area contributed by atoms with Gasteiger partial charge in [-0.25, -0.2) is 4.79 Å². The first-order valence-corrected chi connectivity index (χ1v) is 8.46. The highest BCUT2D eigenvalue weighted by Crippen LogP contribution is 2.25. The molecule has 5 nitrogen and oxygen atoms in total. The highest BCUT2D eigenvalue weighted by Gasteiger charge is 2.34. The average Bonchev–Trinajstić information content (AvgIpc) is 3.00. The average molecular weight is 332 g/mol. The second kappa shape index (κ2) is 7.24. The van der Waals surface area contributed by atoms with Gasteiger partial charge in [-0.2, -0.15) is 0 Å². The lowest BCUT2D eigenvalue weighted by Gasteiger charge is -2.26. The minimum Gasteiger partial charge on any atom is -0.496 e. The Morgan fingerprint density at radius 3 is 2.62 bits per heavy atom. The van der Waals surface area contributed by atoms with E-state index in [-0.39, 0.29) is 23.3 Å². The molecule has 24 heavy (non-hydrogen) atoms. The fourth-order valence-electron chi connectivity index (χ4n) is 2.95. The fraction of sp³-hybridized carbons (Fsp3) is 0.579. The molecule has 0 bridgehead atoms. The number of hydrogen-bond donors (Lipinski definition) is 1. The molecule has 1 N–H and O–H groups in total. The second-order valence-corrected chi connectivity index (χ2v) is 7.62. The van der Waals surface area contributed by atoms with Crippen molar-refractivity contribution in [3.05, 3.63) is 29.3 Å². The number of carbonyl (C=O) groups is 2. The number of benzene rings is 1. The quantitative estimate of drug-likeness (QED) is 0.860. The number of ketones is 1. The van der Waals surface area contributed by atoms with E-state index in [1.807, 2.05) is 19.1 Å². The number of Topliss-reactive ketones (excluding diaryl/α,β-unsaturated/α-hetero) is 1. The zero-order valence-electron chi connectivity index (χ0n) is 15.3. The van der Waals surface area contributed by atoms with Crippen molar-refractivity contribution in [2.24, 2.45) is 5.41 Å². The zero-order chi connectivity index (χ0) is 17.9. The van der Waals surface area contributed by atoms with Crippen molar-refractivity contribution < 1.29 is 14.3 Å². The highest BCUT2D eigenvalue weighted by molar-refractivity contribution is 6.02. The number of methoxy groups -OCH3 is 1. The van der Waals surface area contributed by atoms with Gasteiger partial charge in [-0.3, -0.25) is 4.79 Å². The molecule has 1 unspecified atom stereocenters. The fourth-order valence-corrected chi connectivity index (χ4v) is 2.95. The van der Waals surface area contributed by atoms with Crippen molar-refractivity contribution in [3.63, 3.8) is 0 Å². The van der Waals surface area contributed by atoms with Crippen LogP contribution in [0.25, 0.3) is 0 Å². The van der Waals surface area contributed by atoms with Crippen molar-refractivity contribution in [1.29, 1.82) is 0 Å². The molecule has 1 heterocycles. The summed E-state index contributed by atoms with van der Waals surface area (Å²) in [5.41, 5.74) is 1.57. The van der Waals surface area contributed by atoms with E-state index >= 15 is 0 Å². The molecular weight excluding hydrogens is 304 g/mol. The highest BCUT2D eigenvalue weighted by atomic mass is 16.5. The number of hydrogen-bond acceptors (Lipinski definition) is 3. The van der Waals surface area contributed by atoms with Gasteiger partial charge in [0.1, 0.15) is 5.75 Å². The number of aryl methyl sites for hydroxylation is 1. The van der Waals surface area contributed by atoms with E-state index < -0.39 is 0 Å². The number of ether oxygens (including phenoxy) is 1. The van der Waals surface area contributed by atoms with Gasteiger partial charge in [0.15, 0.2) is 5.78 Å². The van der Waals surface area contributed by atoms with Gasteiger partial charge >= 0.3 is 6.03 Å². The third-order valence-electron chi connectivity index (χ3n) is 4.27. The van der Waals surface area contributed by atoms with Crippen LogP contribution < -0.4 is 10.1 Å². The first-order valence-electron chi connectivity index (χ1n) is 8.46. The minimum atomic E-state index is -0.377. The molecule has 1 aliphatic rings. The Morgan fingerprint density at radius 1 is 1.33 bits per heavy atom. The maximum atomic E-state index is 12.9. The summed E-state index contributed by atoms with van der Waals surface area (Å²) in [5.74, 6) is 0.766. The van der Waals surface area contributed by atoms with Gasteiger partial charge in [0.2, 0.25) is 0 Å². The van der Waals surface area contributed by atoms with E-state index in [9.17, 15) is 9.59 Å². The summed E-state index contributed by atoms with van der Waals surface area (Å²) in [4.78, 5) is 27.0. The molecule has 0 spiro atoms. The molecule has 5 heteroatoms. The van der Waals surface area contributed by atoms with Crippen molar-refractivity contribution in [1.82, 2.24) is 10.2 Å². The van der Waals surface area contributed by atoms with Crippen LogP contribution in [0.1, 0.15) is 49.5 Å². The molecular formula is C19H28N2O3. The molecule has 1 fully saturated rings. The number of carbonyl (C=O) groups excluding carboxylic acids is 2. The molecule has 1 aromatic carbocycles. The lowest BCUT2D eigenvalue weighted by molar-refractivity contribution is 0.0886. The summed E-state index contributed by atoms with van der Waals surface area (Å²) < 4.78 is 5.24. The number of nitrogens with one attached hydrogen (secondary N) is 1. The number of urea groups is 1. The van der Waals surface area contributed by atoms with Crippen LogP contribution in [0.4, 0.5) is 4.79 Å². The summed E-state index contributed by atoms with van der Waals surface area (Å²) in [6.07, 6.45) is 1.57. The van der Waals surface area contributed by atoms with E-state index in [0.29, 0.717) is 25.1 Å². The Bertz CT molecular complexity index is 620. The summed E-state index contributed by atoms with van der Waals surface area (Å²) in [5, 5.41) is 2.95. The SMILES string of the molecule is COc1ccc(C(=O)C2CCCN2C(=O)NCC(C)(C)C)cc1C. The Hall–Kier alpha value is -2.04. The Balaban J connectivity index is 2.10. The first-order chi connectivity index (χ1) is 11.2. The van der Waals surface area contributed by atoms with Crippen molar-refractivity contribution >= 4 is 11.8 Å². The van der Waals surface area contributed by atoms with Crippen LogP contribution in [0.15, 0.2) is 18.2 Å². The molecule has 0 radical (unpaired) electrons. The molecule has 1 saturated heterocycles. The Kier molecular flexibility index (Phi) is 5.52. The van der Waals surface area contributed by atoms with Gasteiger partial charge in [-0.1, -0.05) is 20.8 Å². The first kappa shape index (κ1) is 18.3. The molecule has 1 aliphatic heterocycles. The van der Waals surface area contributed by atoms with Gasteiger partial charge in [-0.15, -0.1) is 0 Å². The van der Waals surface area contributed by atoms with Gasteiger partial charge in [-0.05, 0) is 48.9 Å². The predicted molar refractivity (Wildman–Crippen MR) is 94.6 cm³/mol. The Labute approximate surface area is 144 Å². The normalized spacial score (nSPS) is 17.7. The summed E-state index contributed by atoms with van der Waals surface area (Å²) in [6.45, 7) is 9.34. The van der Waals surface area contributed by atoms with Gasteiger partial charge in [0, 0.05) is 18.7 Å². The molecule has 132 valence electrons. The molecule has 0 aromatic heterocycles. The van der Waals surface area contributed by atoms with Crippen molar-refractivity contribution in [2.75, 3.05) is 20.2 Å². The summed E-state index contributed by atoms with van der Waals surface area (Å²) in [6, 6.07) is 4.90. The number of likely N-dealkylation sites (tertiary alicyclic amines) is 1. The van der Waals surface area contributed by atoms with E-state index in [1.165, 1.54) is 0 Å². The van der Waals surface area contributed by atoms with Crippen LogP contribution >= 0.6 is 0 Å². The van der Waals surface area contributed by atoms with Crippen LogP contribution in [0.3, 0.4) is 0 Å². The van der Waals surface area contributed by atoms with E-state index in [1.54, 1.807) is 18.1 Å². The second-order valence-electron chi connectivity index (χ2n) is 7.62. The molecule has 1 aromatic rings. The van der Waals surface area contributed by atoms with Crippen molar-refractivity contribution in [2.45, 2.75) is 46.6 Å². The third kappa shape index (κ3) is 4.28. The monoisotopic (exact) mass is 332 g/mol. The van der Waals surface area contributed by atoms with Gasteiger partial charge in [0.05, 0.1) is 13.2 Å². The topological polar surface area (TPSA) is 58.6 Å². The number of rotatable bonds is 4. The molecule has 2 amide bonds. The largest absolute Gasteiger partial charge is 0.496 e. The summed E-state index contributed by atoms with van der Waals surface area (Å²) in [7, 11) is 1.61. The maximum Gasteiger partial charge on any atom is 0.318 e. The van der Waals surface area contributed by atoms with Crippen molar-refractivity contribution in [3.8, 4) is 5.75 Å². The number of amides is 2. The molecule has 2 rings (SSSR count). The van der Waals surface area contributed by atoms with E-state index in [2.05, 4.69) is 26.1 Å². The lowest BCUT2D eigenvalue weighted by Crippen LogP contribution is -2.47. The van der Waals surface area contributed by atoms with Crippen LogP contribution in [0.5, 0.6) is 5.75 Å². The molecule has 0 saturated carbocycles. The van der Waals surface area contributed by atoms with Crippen LogP contribution in [-0.4, -0.2) is 43.0 Å².